The zero-order valence-corrected chi connectivity index (χ0v) is 10.7. The SMILES string of the molecule is CCC1CCC(CN)(OCC2CCC2)CC1. The van der Waals surface area contributed by atoms with Gasteiger partial charge in [0.1, 0.15) is 0 Å². The van der Waals surface area contributed by atoms with E-state index in [9.17, 15) is 0 Å². The fourth-order valence-corrected chi connectivity index (χ4v) is 2.97. The molecule has 0 bridgehead atoms. The summed E-state index contributed by atoms with van der Waals surface area (Å²) < 4.78 is 6.19. The Morgan fingerprint density at radius 3 is 2.25 bits per heavy atom. The summed E-state index contributed by atoms with van der Waals surface area (Å²) in [5, 5.41) is 0. The van der Waals surface area contributed by atoms with E-state index in [0.717, 1.165) is 25.0 Å². The Morgan fingerprint density at radius 2 is 1.81 bits per heavy atom. The van der Waals surface area contributed by atoms with Crippen molar-refractivity contribution < 1.29 is 4.74 Å². The van der Waals surface area contributed by atoms with Gasteiger partial charge in [0, 0.05) is 6.54 Å². The van der Waals surface area contributed by atoms with Gasteiger partial charge in [0.15, 0.2) is 0 Å². The van der Waals surface area contributed by atoms with Gasteiger partial charge in [0.2, 0.25) is 0 Å². The summed E-state index contributed by atoms with van der Waals surface area (Å²) >= 11 is 0. The lowest BCUT2D eigenvalue weighted by molar-refractivity contribution is -0.0921. The van der Waals surface area contributed by atoms with Crippen LogP contribution in [0, 0.1) is 11.8 Å². The van der Waals surface area contributed by atoms with Gasteiger partial charge in [0.05, 0.1) is 12.2 Å². The summed E-state index contributed by atoms with van der Waals surface area (Å²) in [6.45, 7) is 3.99. The van der Waals surface area contributed by atoms with Crippen LogP contribution in [0.4, 0.5) is 0 Å². The fourth-order valence-electron chi connectivity index (χ4n) is 2.97. The quantitative estimate of drug-likeness (QED) is 0.780. The Kier molecular flexibility index (Phi) is 4.26. The first kappa shape index (κ1) is 12.4. The largest absolute Gasteiger partial charge is 0.373 e. The minimum Gasteiger partial charge on any atom is -0.373 e. The third-order valence-corrected chi connectivity index (χ3v) is 4.82. The smallest absolute Gasteiger partial charge is 0.0804 e. The summed E-state index contributed by atoms with van der Waals surface area (Å²) in [6, 6.07) is 0. The van der Waals surface area contributed by atoms with E-state index in [2.05, 4.69) is 6.92 Å². The maximum Gasteiger partial charge on any atom is 0.0804 e. The summed E-state index contributed by atoms with van der Waals surface area (Å²) in [6.07, 6.45) is 10.5. The van der Waals surface area contributed by atoms with E-state index >= 15 is 0 Å². The molecule has 2 aliphatic rings. The Morgan fingerprint density at radius 1 is 1.12 bits per heavy atom. The summed E-state index contributed by atoms with van der Waals surface area (Å²) in [5.41, 5.74) is 5.99. The van der Waals surface area contributed by atoms with Crippen LogP contribution in [-0.2, 0) is 4.74 Å². The Hall–Kier alpha value is -0.0800. The molecule has 94 valence electrons. The summed E-state index contributed by atoms with van der Waals surface area (Å²) in [5.74, 6) is 1.76. The van der Waals surface area contributed by atoms with Gasteiger partial charge in [-0.25, -0.2) is 0 Å². The highest BCUT2D eigenvalue weighted by Crippen LogP contribution is 2.37. The van der Waals surface area contributed by atoms with Crippen molar-refractivity contribution in [2.45, 2.75) is 63.9 Å². The van der Waals surface area contributed by atoms with Crippen molar-refractivity contribution in [3.63, 3.8) is 0 Å². The predicted molar refractivity (Wildman–Crippen MR) is 67.3 cm³/mol. The molecule has 2 saturated carbocycles. The first-order chi connectivity index (χ1) is 7.78. The van der Waals surface area contributed by atoms with Crippen LogP contribution in [-0.4, -0.2) is 18.8 Å². The normalized spacial score (nSPS) is 36.0. The van der Waals surface area contributed by atoms with Crippen LogP contribution < -0.4 is 5.73 Å². The number of hydrogen-bond acceptors (Lipinski definition) is 2. The fraction of sp³-hybridized carbons (Fsp3) is 1.00. The standard InChI is InChI=1S/C14H27NO/c1-2-12-6-8-14(11-15,9-7-12)16-10-13-4-3-5-13/h12-13H,2-11,15H2,1H3. The third-order valence-electron chi connectivity index (χ3n) is 4.82. The van der Waals surface area contributed by atoms with Crippen molar-refractivity contribution in [1.82, 2.24) is 0 Å². The molecule has 0 aliphatic heterocycles. The van der Waals surface area contributed by atoms with Crippen molar-refractivity contribution in [1.29, 1.82) is 0 Å². The molecule has 2 rings (SSSR count). The van der Waals surface area contributed by atoms with E-state index in [1.807, 2.05) is 0 Å². The minimum absolute atomic E-state index is 0.0429. The first-order valence-electron chi connectivity index (χ1n) is 7.12. The molecule has 0 amide bonds. The average Bonchev–Trinajstić information content (AvgIpc) is 2.28. The number of rotatable bonds is 5. The van der Waals surface area contributed by atoms with Crippen LogP contribution >= 0.6 is 0 Å². The molecule has 0 unspecified atom stereocenters. The second kappa shape index (κ2) is 5.50. The second-order valence-electron chi connectivity index (χ2n) is 5.85. The Balaban J connectivity index is 1.77. The molecule has 0 aromatic carbocycles. The van der Waals surface area contributed by atoms with Gasteiger partial charge in [-0.1, -0.05) is 19.8 Å². The maximum absolute atomic E-state index is 6.19. The lowest BCUT2D eigenvalue weighted by Crippen LogP contribution is -2.45. The molecular weight excluding hydrogens is 198 g/mol. The molecule has 2 nitrogen and oxygen atoms in total. The van der Waals surface area contributed by atoms with Gasteiger partial charge in [-0.3, -0.25) is 0 Å². The van der Waals surface area contributed by atoms with E-state index in [1.54, 1.807) is 0 Å². The van der Waals surface area contributed by atoms with Crippen molar-refractivity contribution >= 4 is 0 Å². The van der Waals surface area contributed by atoms with E-state index < -0.39 is 0 Å². The average molecular weight is 225 g/mol. The summed E-state index contributed by atoms with van der Waals surface area (Å²) in [4.78, 5) is 0. The molecule has 0 saturated heterocycles. The number of ether oxygens (including phenoxy) is 1. The van der Waals surface area contributed by atoms with Crippen LogP contribution in [0.1, 0.15) is 58.3 Å². The van der Waals surface area contributed by atoms with Crippen LogP contribution in [0.15, 0.2) is 0 Å². The highest BCUT2D eigenvalue weighted by Gasteiger charge is 2.35. The van der Waals surface area contributed by atoms with Crippen LogP contribution in [0.5, 0.6) is 0 Å². The molecule has 16 heavy (non-hydrogen) atoms. The highest BCUT2D eigenvalue weighted by molar-refractivity contribution is 4.88. The van der Waals surface area contributed by atoms with Gasteiger partial charge in [-0.2, -0.15) is 0 Å². The predicted octanol–water partition coefficient (Wildman–Crippen LogP) is 3.10. The van der Waals surface area contributed by atoms with Crippen LogP contribution in [0.25, 0.3) is 0 Å². The molecule has 0 spiro atoms. The Labute approximate surface area is 99.9 Å². The third kappa shape index (κ3) is 2.78. The van der Waals surface area contributed by atoms with Gasteiger partial charge < -0.3 is 10.5 Å². The Bertz CT molecular complexity index is 205. The minimum atomic E-state index is 0.0429. The van der Waals surface area contributed by atoms with E-state index in [4.69, 9.17) is 10.5 Å². The van der Waals surface area contributed by atoms with E-state index in [0.29, 0.717) is 0 Å². The van der Waals surface area contributed by atoms with Crippen molar-refractivity contribution in [2.24, 2.45) is 17.6 Å². The molecule has 0 aromatic rings. The number of nitrogens with two attached hydrogens (primary N) is 1. The lowest BCUT2D eigenvalue weighted by atomic mass is 9.77. The molecule has 2 heteroatoms. The van der Waals surface area contributed by atoms with E-state index in [-0.39, 0.29) is 5.60 Å². The molecule has 2 fully saturated rings. The maximum atomic E-state index is 6.19. The molecule has 2 aliphatic carbocycles. The molecular formula is C14H27NO. The van der Waals surface area contributed by atoms with Gasteiger partial charge in [-0.05, 0) is 50.4 Å². The highest BCUT2D eigenvalue weighted by atomic mass is 16.5. The topological polar surface area (TPSA) is 35.2 Å². The zero-order valence-electron chi connectivity index (χ0n) is 10.7. The summed E-state index contributed by atoms with van der Waals surface area (Å²) in [7, 11) is 0. The van der Waals surface area contributed by atoms with E-state index in [1.165, 1.54) is 51.4 Å². The molecule has 0 aromatic heterocycles. The van der Waals surface area contributed by atoms with Crippen LogP contribution in [0.3, 0.4) is 0 Å². The van der Waals surface area contributed by atoms with Crippen molar-refractivity contribution in [3.05, 3.63) is 0 Å². The monoisotopic (exact) mass is 225 g/mol. The van der Waals surface area contributed by atoms with Gasteiger partial charge >= 0.3 is 0 Å². The molecule has 2 N–H and O–H groups in total. The van der Waals surface area contributed by atoms with Gasteiger partial charge in [-0.15, -0.1) is 0 Å². The van der Waals surface area contributed by atoms with Crippen molar-refractivity contribution in [3.8, 4) is 0 Å². The molecule has 0 heterocycles. The van der Waals surface area contributed by atoms with Crippen molar-refractivity contribution in [2.75, 3.05) is 13.2 Å². The lowest BCUT2D eigenvalue weighted by Gasteiger charge is -2.41. The second-order valence-corrected chi connectivity index (χ2v) is 5.85. The molecule has 0 radical (unpaired) electrons. The van der Waals surface area contributed by atoms with Gasteiger partial charge in [0.25, 0.3) is 0 Å². The molecule has 0 atom stereocenters. The first-order valence-corrected chi connectivity index (χ1v) is 7.12. The number of hydrogen-bond donors (Lipinski definition) is 1. The van der Waals surface area contributed by atoms with Crippen LogP contribution in [0.2, 0.25) is 0 Å². The zero-order chi connectivity index (χ0) is 11.4.